The molecule has 0 fully saturated rings. The third kappa shape index (κ3) is 5.77. The van der Waals surface area contributed by atoms with Crippen LogP contribution in [-0.2, 0) is 11.3 Å². The van der Waals surface area contributed by atoms with E-state index in [-0.39, 0.29) is 5.91 Å². The number of benzene rings is 2. The Hall–Kier alpha value is -2.53. The van der Waals surface area contributed by atoms with Crippen molar-refractivity contribution in [2.24, 2.45) is 0 Å². The van der Waals surface area contributed by atoms with E-state index in [9.17, 15) is 4.79 Å². The van der Waals surface area contributed by atoms with Crippen LogP contribution in [-0.4, -0.2) is 26.2 Å². The van der Waals surface area contributed by atoms with Crippen molar-refractivity contribution in [2.45, 2.75) is 33.3 Å². The van der Waals surface area contributed by atoms with Gasteiger partial charge in [0.2, 0.25) is 0 Å². The summed E-state index contributed by atoms with van der Waals surface area (Å²) >= 11 is 0. The first-order chi connectivity index (χ1) is 12.7. The molecule has 0 saturated heterocycles. The first kappa shape index (κ1) is 19.8. The van der Waals surface area contributed by atoms with Crippen molar-refractivity contribution in [3.63, 3.8) is 0 Å². The Morgan fingerprint density at radius 3 is 2.19 bits per heavy atom. The number of carbonyl (C=O) groups excluding carboxylic acids is 1. The summed E-state index contributed by atoms with van der Waals surface area (Å²) in [5.74, 6) is 1.17. The van der Waals surface area contributed by atoms with Crippen LogP contribution in [0.1, 0.15) is 42.6 Å². The molecule has 0 radical (unpaired) electrons. The van der Waals surface area contributed by atoms with Gasteiger partial charge in [-0.1, -0.05) is 26.0 Å². The fraction of sp³-hybridized carbons (Fsp3) is 0.381. The molecule has 0 unspecified atom stereocenters. The lowest BCUT2D eigenvalue weighted by molar-refractivity contribution is 0.102. The van der Waals surface area contributed by atoms with Crippen LogP contribution in [0, 0.1) is 0 Å². The van der Waals surface area contributed by atoms with Gasteiger partial charge in [0.05, 0.1) is 19.8 Å². The highest BCUT2D eigenvalue weighted by atomic mass is 16.5. The fourth-order valence-corrected chi connectivity index (χ4v) is 2.36. The van der Waals surface area contributed by atoms with E-state index in [0.29, 0.717) is 42.6 Å². The molecule has 26 heavy (non-hydrogen) atoms. The molecule has 1 N–H and O–H groups in total. The van der Waals surface area contributed by atoms with Gasteiger partial charge in [0.25, 0.3) is 5.91 Å². The summed E-state index contributed by atoms with van der Waals surface area (Å²) < 4.78 is 16.6. The highest BCUT2D eigenvalue weighted by Gasteiger charge is 2.10. The molecular weight excluding hydrogens is 330 g/mol. The summed E-state index contributed by atoms with van der Waals surface area (Å²) in [6.07, 6.45) is 1.82. The number of methoxy groups -OCH3 is 1. The van der Waals surface area contributed by atoms with Crippen LogP contribution in [0.25, 0.3) is 0 Å². The molecule has 0 aliphatic heterocycles. The summed E-state index contributed by atoms with van der Waals surface area (Å²) in [5.41, 5.74) is 2.29. The first-order valence-electron chi connectivity index (χ1n) is 8.96. The van der Waals surface area contributed by atoms with Gasteiger partial charge in [-0.25, -0.2) is 0 Å². The molecule has 5 heteroatoms. The summed E-state index contributed by atoms with van der Waals surface area (Å²) in [6.45, 7) is 5.85. The highest BCUT2D eigenvalue weighted by Crippen LogP contribution is 2.31. The minimum absolute atomic E-state index is 0.169. The van der Waals surface area contributed by atoms with Crippen molar-refractivity contribution in [3.05, 3.63) is 53.6 Å². The fourth-order valence-electron chi connectivity index (χ4n) is 2.36. The zero-order chi connectivity index (χ0) is 18.8. The van der Waals surface area contributed by atoms with Gasteiger partial charge >= 0.3 is 0 Å². The SMILES string of the molecule is CCCOc1ccc(NC(=O)c2ccc(COC)cc2)cc1OCCC. The zero-order valence-corrected chi connectivity index (χ0v) is 15.7. The second-order valence-electron chi connectivity index (χ2n) is 5.94. The minimum Gasteiger partial charge on any atom is -0.490 e. The Bertz CT molecular complexity index is 698. The van der Waals surface area contributed by atoms with Crippen LogP contribution in [0.15, 0.2) is 42.5 Å². The quantitative estimate of drug-likeness (QED) is 0.672. The lowest BCUT2D eigenvalue weighted by Gasteiger charge is -2.14. The standard InChI is InChI=1S/C21H27NO4/c1-4-12-25-19-11-10-18(14-20(19)26-13-5-2)22-21(23)17-8-6-16(7-9-17)15-24-3/h6-11,14H,4-5,12-13,15H2,1-3H3,(H,22,23). The average molecular weight is 357 g/mol. The largest absolute Gasteiger partial charge is 0.490 e. The van der Waals surface area contributed by atoms with Gasteiger partial charge in [0, 0.05) is 24.4 Å². The Morgan fingerprint density at radius 1 is 0.923 bits per heavy atom. The smallest absolute Gasteiger partial charge is 0.255 e. The monoisotopic (exact) mass is 357 g/mol. The van der Waals surface area contributed by atoms with Crippen LogP contribution >= 0.6 is 0 Å². The van der Waals surface area contributed by atoms with E-state index in [1.165, 1.54) is 0 Å². The number of nitrogens with one attached hydrogen (secondary N) is 1. The van der Waals surface area contributed by atoms with E-state index in [1.54, 1.807) is 25.3 Å². The van der Waals surface area contributed by atoms with Crippen molar-refractivity contribution in [2.75, 3.05) is 25.6 Å². The number of rotatable bonds is 10. The van der Waals surface area contributed by atoms with Crippen LogP contribution in [0.3, 0.4) is 0 Å². The van der Waals surface area contributed by atoms with Gasteiger partial charge in [0.15, 0.2) is 11.5 Å². The molecule has 0 bridgehead atoms. The van der Waals surface area contributed by atoms with E-state index in [2.05, 4.69) is 12.2 Å². The maximum Gasteiger partial charge on any atom is 0.255 e. The normalized spacial score (nSPS) is 10.4. The van der Waals surface area contributed by atoms with Crippen molar-refractivity contribution >= 4 is 11.6 Å². The van der Waals surface area contributed by atoms with Gasteiger partial charge < -0.3 is 19.5 Å². The van der Waals surface area contributed by atoms with E-state index < -0.39 is 0 Å². The van der Waals surface area contributed by atoms with Gasteiger partial charge in [0.1, 0.15) is 0 Å². The molecule has 0 aliphatic rings. The lowest BCUT2D eigenvalue weighted by Crippen LogP contribution is -2.12. The number of amides is 1. The molecule has 0 aliphatic carbocycles. The summed E-state index contributed by atoms with van der Waals surface area (Å²) in [4.78, 5) is 12.5. The third-order valence-corrected chi connectivity index (χ3v) is 3.65. The molecule has 0 saturated carbocycles. The number of hydrogen-bond donors (Lipinski definition) is 1. The second-order valence-corrected chi connectivity index (χ2v) is 5.94. The van der Waals surface area contributed by atoms with Gasteiger partial charge in [-0.05, 0) is 42.7 Å². The molecular formula is C21H27NO4. The number of ether oxygens (including phenoxy) is 3. The summed E-state index contributed by atoms with van der Waals surface area (Å²) in [6, 6.07) is 12.8. The lowest BCUT2D eigenvalue weighted by atomic mass is 10.1. The predicted molar refractivity (Wildman–Crippen MR) is 103 cm³/mol. The number of carbonyl (C=O) groups is 1. The van der Waals surface area contributed by atoms with Crippen LogP contribution in [0.4, 0.5) is 5.69 Å². The van der Waals surface area contributed by atoms with Crippen molar-refractivity contribution in [3.8, 4) is 11.5 Å². The highest BCUT2D eigenvalue weighted by molar-refractivity contribution is 6.04. The van der Waals surface area contributed by atoms with E-state index >= 15 is 0 Å². The average Bonchev–Trinajstić information content (AvgIpc) is 2.66. The van der Waals surface area contributed by atoms with Crippen LogP contribution in [0.2, 0.25) is 0 Å². The third-order valence-electron chi connectivity index (χ3n) is 3.65. The van der Waals surface area contributed by atoms with E-state index in [1.807, 2.05) is 31.2 Å². The maximum atomic E-state index is 12.5. The van der Waals surface area contributed by atoms with Crippen LogP contribution in [0.5, 0.6) is 11.5 Å². The van der Waals surface area contributed by atoms with Gasteiger partial charge in [-0.2, -0.15) is 0 Å². The maximum absolute atomic E-state index is 12.5. The van der Waals surface area contributed by atoms with Gasteiger partial charge in [-0.3, -0.25) is 4.79 Å². The first-order valence-corrected chi connectivity index (χ1v) is 8.96. The molecule has 2 aromatic rings. The molecule has 140 valence electrons. The minimum atomic E-state index is -0.169. The van der Waals surface area contributed by atoms with Gasteiger partial charge in [-0.15, -0.1) is 0 Å². The molecule has 0 heterocycles. The molecule has 0 spiro atoms. The van der Waals surface area contributed by atoms with E-state index in [4.69, 9.17) is 14.2 Å². The Balaban J connectivity index is 2.10. The molecule has 5 nitrogen and oxygen atoms in total. The molecule has 0 aromatic heterocycles. The zero-order valence-electron chi connectivity index (χ0n) is 15.7. The van der Waals surface area contributed by atoms with Crippen molar-refractivity contribution in [1.82, 2.24) is 0 Å². The van der Waals surface area contributed by atoms with Crippen LogP contribution < -0.4 is 14.8 Å². The Kier molecular flexibility index (Phi) is 7.96. The molecule has 2 rings (SSSR count). The number of anilines is 1. The molecule has 1 amide bonds. The molecule has 2 aromatic carbocycles. The Labute approximate surface area is 155 Å². The Morgan fingerprint density at radius 2 is 1.58 bits per heavy atom. The van der Waals surface area contributed by atoms with Crippen molar-refractivity contribution in [1.29, 1.82) is 0 Å². The topological polar surface area (TPSA) is 56.8 Å². The summed E-state index contributed by atoms with van der Waals surface area (Å²) in [7, 11) is 1.65. The van der Waals surface area contributed by atoms with Crippen molar-refractivity contribution < 1.29 is 19.0 Å². The molecule has 0 atom stereocenters. The number of hydrogen-bond acceptors (Lipinski definition) is 4. The summed E-state index contributed by atoms with van der Waals surface area (Å²) in [5, 5.41) is 2.90. The van der Waals surface area contributed by atoms with E-state index in [0.717, 1.165) is 18.4 Å². The predicted octanol–water partition coefficient (Wildman–Crippen LogP) is 4.66. The second kappa shape index (κ2) is 10.5.